The molecule has 0 amide bonds. The molecule has 2 nitrogen and oxygen atoms in total. The van der Waals surface area contributed by atoms with Crippen LogP contribution in [0.25, 0.3) is 0 Å². The summed E-state index contributed by atoms with van der Waals surface area (Å²) < 4.78 is 18.8. The molecular formula is C15H12FNO. The van der Waals surface area contributed by atoms with E-state index in [1.54, 1.807) is 31.2 Å². The van der Waals surface area contributed by atoms with E-state index in [0.717, 1.165) is 5.56 Å². The Kier molecular flexibility index (Phi) is 3.59. The lowest BCUT2D eigenvalue weighted by molar-refractivity contribution is 0.302. The van der Waals surface area contributed by atoms with E-state index >= 15 is 0 Å². The highest BCUT2D eigenvalue weighted by Gasteiger charge is 2.04. The van der Waals surface area contributed by atoms with Gasteiger partial charge in [0, 0.05) is 5.56 Å². The van der Waals surface area contributed by atoms with Crippen LogP contribution in [0.4, 0.5) is 4.39 Å². The molecule has 2 aromatic carbocycles. The van der Waals surface area contributed by atoms with Crippen molar-refractivity contribution in [2.45, 2.75) is 13.5 Å². The molecule has 0 aromatic heterocycles. The molecule has 0 N–H and O–H groups in total. The lowest BCUT2D eigenvalue weighted by atomic mass is 10.1. The van der Waals surface area contributed by atoms with Crippen molar-refractivity contribution in [1.29, 1.82) is 5.26 Å². The minimum absolute atomic E-state index is 0.271. The summed E-state index contributed by atoms with van der Waals surface area (Å²) in [6, 6.07) is 13.9. The first kappa shape index (κ1) is 12.1. The van der Waals surface area contributed by atoms with Crippen LogP contribution >= 0.6 is 0 Å². The van der Waals surface area contributed by atoms with Gasteiger partial charge in [-0.3, -0.25) is 0 Å². The van der Waals surface area contributed by atoms with Gasteiger partial charge in [-0.25, -0.2) is 4.39 Å². The van der Waals surface area contributed by atoms with Crippen LogP contribution < -0.4 is 4.74 Å². The molecule has 0 saturated carbocycles. The summed E-state index contributed by atoms with van der Waals surface area (Å²) in [5.74, 6) is 0.270. The van der Waals surface area contributed by atoms with Gasteiger partial charge in [-0.15, -0.1) is 0 Å². The summed E-state index contributed by atoms with van der Waals surface area (Å²) in [5, 5.41) is 8.68. The third-order valence-corrected chi connectivity index (χ3v) is 2.70. The molecule has 0 radical (unpaired) electrons. The summed E-state index contributed by atoms with van der Waals surface area (Å²) in [6.07, 6.45) is 0. The molecule has 0 atom stereocenters. The lowest BCUT2D eigenvalue weighted by Crippen LogP contribution is -1.98. The van der Waals surface area contributed by atoms with E-state index in [-0.39, 0.29) is 5.82 Å². The molecule has 18 heavy (non-hydrogen) atoms. The van der Waals surface area contributed by atoms with Gasteiger partial charge in [0.05, 0.1) is 11.6 Å². The molecule has 3 heteroatoms. The molecule has 0 unspecified atom stereocenters. The Morgan fingerprint density at radius 2 is 1.89 bits per heavy atom. The van der Waals surface area contributed by atoms with Crippen molar-refractivity contribution in [3.63, 3.8) is 0 Å². The second-order valence-electron chi connectivity index (χ2n) is 3.96. The summed E-state index contributed by atoms with van der Waals surface area (Å²) in [6.45, 7) is 2.04. The van der Waals surface area contributed by atoms with Gasteiger partial charge in [0.25, 0.3) is 0 Å². The van der Waals surface area contributed by atoms with E-state index in [1.165, 1.54) is 6.07 Å². The fraction of sp³-hybridized carbons (Fsp3) is 0.133. The van der Waals surface area contributed by atoms with Crippen LogP contribution in [0, 0.1) is 24.1 Å². The maximum Gasteiger partial charge on any atom is 0.129 e. The van der Waals surface area contributed by atoms with Gasteiger partial charge in [-0.05, 0) is 36.8 Å². The van der Waals surface area contributed by atoms with Crippen LogP contribution in [0.5, 0.6) is 5.75 Å². The van der Waals surface area contributed by atoms with Gasteiger partial charge in [0.2, 0.25) is 0 Å². The predicted molar refractivity (Wildman–Crippen MR) is 66.6 cm³/mol. The smallest absolute Gasteiger partial charge is 0.129 e. The Bertz CT molecular complexity index is 584. The van der Waals surface area contributed by atoms with Crippen molar-refractivity contribution in [3.05, 3.63) is 65.0 Å². The van der Waals surface area contributed by atoms with Crippen molar-refractivity contribution >= 4 is 0 Å². The van der Waals surface area contributed by atoms with Crippen LogP contribution in [0.3, 0.4) is 0 Å². The van der Waals surface area contributed by atoms with Crippen LogP contribution in [0.2, 0.25) is 0 Å². The Balaban J connectivity index is 2.07. The Morgan fingerprint density at radius 1 is 1.17 bits per heavy atom. The molecule has 0 heterocycles. The largest absolute Gasteiger partial charge is 0.489 e. The van der Waals surface area contributed by atoms with E-state index in [4.69, 9.17) is 10.00 Å². The van der Waals surface area contributed by atoms with Gasteiger partial charge >= 0.3 is 0 Å². The topological polar surface area (TPSA) is 33.0 Å². The molecule has 2 aromatic rings. The highest BCUT2D eigenvalue weighted by atomic mass is 19.1. The number of hydrogen-bond donors (Lipinski definition) is 0. The zero-order valence-corrected chi connectivity index (χ0v) is 9.98. The van der Waals surface area contributed by atoms with Crippen molar-refractivity contribution in [2.24, 2.45) is 0 Å². The summed E-state index contributed by atoms with van der Waals surface area (Å²) in [7, 11) is 0. The number of rotatable bonds is 3. The Hall–Kier alpha value is -2.34. The number of hydrogen-bond acceptors (Lipinski definition) is 2. The Labute approximate surface area is 105 Å². The predicted octanol–water partition coefficient (Wildman–Crippen LogP) is 3.58. The molecule has 0 bridgehead atoms. The van der Waals surface area contributed by atoms with Crippen molar-refractivity contribution in [3.8, 4) is 11.8 Å². The van der Waals surface area contributed by atoms with Gasteiger partial charge in [0.1, 0.15) is 18.2 Å². The highest BCUT2D eigenvalue weighted by Crippen LogP contribution is 2.21. The first-order valence-corrected chi connectivity index (χ1v) is 5.57. The minimum atomic E-state index is -0.271. The number of benzene rings is 2. The van der Waals surface area contributed by atoms with Crippen LogP contribution in [-0.4, -0.2) is 0 Å². The first-order chi connectivity index (χ1) is 8.70. The fourth-order valence-corrected chi connectivity index (χ4v) is 1.58. The molecular weight excluding hydrogens is 229 g/mol. The average molecular weight is 241 g/mol. The standard InChI is InChI=1S/C15H12FNO/c1-11-14(16)3-2-4-15(11)18-10-13-7-5-12(9-17)6-8-13/h2-8H,10H2,1H3. The highest BCUT2D eigenvalue weighted by molar-refractivity contribution is 5.34. The summed E-state index contributed by atoms with van der Waals surface area (Å²) >= 11 is 0. The SMILES string of the molecule is Cc1c(F)cccc1OCc1ccc(C#N)cc1. The third-order valence-electron chi connectivity index (χ3n) is 2.70. The van der Waals surface area contributed by atoms with E-state index in [0.29, 0.717) is 23.5 Å². The normalized spacial score (nSPS) is 9.83. The number of nitriles is 1. The Morgan fingerprint density at radius 3 is 2.56 bits per heavy atom. The molecule has 90 valence electrons. The summed E-state index contributed by atoms with van der Waals surface area (Å²) in [4.78, 5) is 0. The monoisotopic (exact) mass is 241 g/mol. The third kappa shape index (κ3) is 2.67. The van der Waals surface area contributed by atoms with Gasteiger partial charge in [-0.2, -0.15) is 5.26 Å². The molecule has 0 saturated heterocycles. The molecule has 0 spiro atoms. The second-order valence-corrected chi connectivity index (χ2v) is 3.96. The number of ether oxygens (including phenoxy) is 1. The number of nitrogens with zero attached hydrogens (tertiary/aromatic N) is 1. The van der Waals surface area contributed by atoms with Crippen molar-refractivity contribution in [2.75, 3.05) is 0 Å². The maximum atomic E-state index is 13.3. The molecule has 0 aliphatic heterocycles. The van der Waals surface area contributed by atoms with E-state index in [9.17, 15) is 4.39 Å². The van der Waals surface area contributed by atoms with E-state index < -0.39 is 0 Å². The molecule has 2 rings (SSSR count). The summed E-state index contributed by atoms with van der Waals surface area (Å²) in [5.41, 5.74) is 2.06. The van der Waals surface area contributed by atoms with E-state index in [1.807, 2.05) is 12.1 Å². The average Bonchev–Trinajstić information content (AvgIpc) is 2.41. The van der Waals surface area contributed by atoms with Crippen molar-refractivity contribution < 1.29 is 9.13 Å². The molecule has 0 aliphatic rings. The van der Waals surface area contributed by atoms with Gasteiger partial charge in [0.15, 0.2) is 0 Å². The minimum Gasteiger partial charge on any atom is -0.489 e. The van der Waals surface area contributed by atoms with Gasteiger partial charge < -0.3 is 4.74 Å². The first-order valence-electron chi connectivity index (χ1n) is 5.57. The zero-order valence-electron chi connectivity index (χ0n) is 9.98. The zero-order chi connectivity index (χ0) is 13.0. The molecule has 0 fully saturated rings. The number of halogens is 1. The van der Waals surface area contributed by atoms with Crippen molar-refractivity contribution in [1.82, 2.24) is 0 Å². The fourth-order valence-electron chi connectivity index (χ4n) is 1.58. The maximum absolute atomic E-state index is 13.3. The van der Waals surface area contributed by atoms with Crippen LogP contribution in [-0.2, 0) is 6.61 Å². The van der Waals surface area contributed by atoms with Crippen LogP contribution in [0.1, 0.15) is 16.7 Å². The van der Waals surface area contributed by atoms with E-state index in [2.05, 4.69) is 6.07 Å². The quantitative estimate of drug-likeness (QED) is 0.822. The van der Waals surface area contributed by atoms with Gasteiger partial charge in [-0.1, -0.05) is 18.2 Å². The second kappa shape index (κ2) is 5.33. The molecule has 0 aliphatic carbocycles. The lowest BCUT2D eigenvalue weighted by Gasteiger charge is -2.09. The van der Waals surface area contributed by atoms with Crippen LogP contribution in [0.15, 0.2) is 42.5 Å².